The molecule has 6 nitrogen and oxygen atoms in total. The average molecular weight is 315 g/mol. The van der Waals surface area contributed by atoms with Gasteiger partial charge < -0.3 is 9.64 Å². The lowest BCUT2D eigenvalue weighted by atomic mass is 10.1. The maximum Gasteiger partial charge on any atom is 0.233 e. The fourth-order valence-corrected chi connectivity index (χ4v) is 2.91. The van der Waals surface area contributed by atoms with Crippen LogP contribution in [0, 0.1) is 11.7 Å². The number of hydrogen-bond donors (Lipinski definition) is 0. The van der Waals surface area contributed by atoms with Crippen LogP contribution in [-0.2, 0) is 0 Å². The number of anilines is 1. The quantitative estimate of drug-likeness (QED) is 0.843. The van der Waals surface area contributed by atoms with Gasteiger partial charge >= 0.3 is 0 Å². The minimum absolute atomic E-state index is 0.328. The van der Waals surface area contributed by atoms with Crippen molar-refractivity contribution < 1.29 is 9.13 Å². The summed E-state index contributed by atoms with van der Waals surface area (Å²) in [6.07, 6.45) is 5.94. The first kappa shape index (κ1) is 14.3. The van der Waals surface area contributed by atoms with E-state index in [2.05, 4.69) is 20.2 Å². The Morgan fingerprint density at radius 3 is 2.87 bits per heavy atom. The van der Waals surface area contributed by atoms with Crippen LogP contribution in [0.2, 0.25) is 0 Å². The standard InChI is InChI=1S/C16H18FN5O/c17-13-7-18-10-19-16(13)22-6-5-11(8-22)9-23-15-4-3-14(20-21-15)12-1-2-12/h3-4,7,10-12H,1-2,5-6,8-9H2. The summed E-state index contributed by atoms with van der Waals surface area (Å²) < 4.78 is 19.4. The first-order chi connectivity index (χ1) is 11.3. The molecule has 0 bridgehead atoms. The molecule has 120 valence electrons. The molecule has 2 fully saturated rings. The van der Waals surface area contributed by atoms with Crippen LogP contribution in [0.15, 0.2) is 24.7 Å². The molecule has 4 rings (SSSR count). The molecule has 0 spiro atoms. The second-order valence-electron chi connectivity index (χ2n) is 6.18. The SMILES string of the molecule is Fc1cncnc1N1CCC(COc2ccc(C3CC3)nn2)C1. The predicted molar refractivity (Wildman–Crippen MR) is 81.8 cm³/mol. The largest absolute Gasteiger partial charge is 0.476 e. The number of rotatable bonds is 5. The molecule has 1 saturated carbocycles. The Kier molecular flexibility index (Phi) is 3.77. The summed E-state index contributed by atoms with van der Waals surface area (Å²) in [5.41, 5.74) is 1.06. The van der Waals surface area contributed by atoms with Crippen LogP contribution in [0.4, 0.5) is 10.2 Å². The van der Waals surface area contributed by atoms with Crippen LogP contribution in [0.3, 0.4) is 0 Å². The van der Waals surface area contributed by atoms with Crippen LogP contribution < -0.4 is 9.64 Å². The molecule has 2 aromatic heterocycles. The molecule has 23 heavy (non-hydrogen) atoms. The highest BCUT2D eigenvalue weighted by atomic mass is 19.1. The summed E-state index contributed by atoms with van der Waals surface area (Å²) in [6, 6.07) is 3.88. The van der Waals surface area contributed by atoms with Gasteiger partial charge in [-0.25, -0.2) is 14.4 Å². The summed E-state index contributed by atoms with van der Waals surface area (Å²) >= 11 is 0. The van der Waals surface area contributed by atoms with E-state index in [9.17, 15) is 4.39 Å². The Labute approximate surface area is 133 Å². The maximum atomic E-state index is 13.7. The summed E-state index contributed by atoms with van der Waals surface area (Å²) in [4.78, 5) is 9.64. The molecule has 1 saturated heterocycles. The second-order valence-corrected chi connectivity index (χ2v) is 6.18. The second kappa shape index (κ2) is 6.06. The fourth-order valence-electron chi connectivity index (χ4n) is 2.91. The summed E-state index contributed by atoms with van der Waals surface area (Å²) in [5.74, 6) is 1.48. The van der Waals surface area contributed by atoms with Crippen molar-refractivity contribution in [1.82, 2.24) is 20.2 Å². The van der Waals surface area contributed by atoms with Crippen molar-refractivity contribution in [2.75, 3.05) is 24.6 Å². The lowest BCUT2D eigenvalue weighted by Crippen LogP contribution is -2.24. The summed E-state index contributed by atoms with van der Waals surface area (Å²) in [5, 5.41) is 8.33. The first-order valence-electron chi connectivity index (χ1n) is 7.96. The van der Waals surface area contributed by atoms with E-state index in [-0.39, 0.29) is 5.82 Å². The van der Waals surface area contributed by atoms with Crippen LogP contribution >= 0.6 is 0 Å². The third-order valence-corrected chi connectivity index (χ3v) is 4.36. The fraction of sp³-hybridized carbons (Fsp3) is 0.500. The smallest absolute Gasteiger partial charge is 0.233 e. The van der Waals surface area contributed by atoms with Crippen molar-refractivity contribution in [3.8, 4) is 5.88 Å². The average Bonchev–Trinajstić information content (AvgIpc) is 3.33. The molecule has 1 unspecified atom stereocenters. The molecule has 1 aliphatic heterocycles. The number of nitrogens with zero attached hydrogens (tertiary/aromatic N) is 5. The van der Waals surface area contributed by atoms with Gasteiger partial charge in [-0.2, -0.15) is 5.10 Å². The summed E-state index contributed by atoms with van der Waals surface area (Å²) in [6.45, 7) is 2.05. The van der Waals surface area contributed by atoms with Crippen molar-refractivity contribution in [2.24, 2.45) is 5.92 Å². The van der Waals surface area contributed by atoms with Crippen molar-refractivity contribution >= 4 is 5.82 Å². The Hall–Kier alpha value is -2.31. The van der Waals surface area contributed by atoms with E-state index < -0.39 is 0 Å². The van der Waals surface area contributed by atoms with E-state index in [0.717, 1.165) is 25.2 Å². The first-order valence-corrected chi connectivity index (χ1v) is 7.96. The lowest BCUT2D eigenvalue weighted by molar-refractivity contribution is 0.249. The zero-order valence-electron chi connectivity index (χ0n) is 12.7. The molecule has 7 heteroatoms. The van der Waals surface area contributed by atoms with Gasteiger partial charge in [0.2, 0.25) is 5.88 Å². The van der Waals surface area contributed by atoms with Gasteiger partial charge in [0.15, 0.2) is 11.6 Å². The minimum Gasteiger partial charge on any atom is -0.476 e. The maximum absolute atomic E-state index is 13.7. The van der Waals surface area contributed by atoms with Gasteiger partial charge in [-0.15, -0.1) is 5.10 Å². The number of aromatic nitrogens is 4. The molecule has 2 aliphatic rings. The van der Waals surface area contributed by atoms with Gasteiger partial charge in [0.1, 0.15) is 6.33 Å². The third-order valence-electron chi connectivity index (χ3n) is 4.36. The van der Waals surface area contributed by atoms with Gasteiger partial charge in [0, 0.05) is 31.0 Å². The number of halogens is 1. The van der Waals surface area contributed by atoms with E-state index >= 15 is 0 Å². The van der Waals surface area contributed by atoms with Crippen molar-refractivity contribution in [3.05, 3.63) is 36.2 Å². The summed E-state index contributed by atoms with van der Waals surface area (Å²) in [7, 11) is 0. The Bertz CT molecular complexity index is 676. The molecule has 3 heterocycles. The van der Waals surface area contributed by atoms with E-state index in [1.807, 2.05) is 17.0 Å². The third kappa shape index (κ3) is 3.23. The highest BCUT2D eigenvalue weighted by Crippen LogP contribution is 2.38. The van der Waals surface area contributed by atoms with Gasteiger partial charge in [-0.05, 0) is 25.3 Å². The molecule has 1 aliphatic carbocycles. The van der Waals surface area contributed by atoms with Gasteiger partial charge in [0.05, 0.1) is 18.5 Å². The minimum atomic E-state index is -0.379. The topological polar surface area (TPSA) is 64.0 Å². The van der Waals surface area contributed by atoms with Gasteiger partial charge in [0.25, 0.3) is 0 Å². The Balaban J connectivity index is 1.31. The van der Waals surface area contributed by atoms with E-state index in [0.29, 0.717) is 30.1 Å². The van der Waals surface area contributed by atoms with Gasteiger partial charge in [-0.1, -0.05) is 0 Å². The van der Waals surface area contributed by atoms with Crippen LogP contribution in [0.25, 0.3) is 0 Å². The molecule has 0 N–H and O–H groups in total. The van der Waals surface area contributed by atoms with Crippen LogP contribution in [0.1, 0.15) is 30.9 Å². The molecule has 0 radical (unpaired) electrons. The number of ether oxygens (including phenoxy) is 1. The molecular formula is C16H18FN5O. The van der Waals surface area contributed by atoms with Gasteiger partial charge in [-0.3, -0.25) is 0 Å². The zero-order chi connectivity index (χ0) is 15.6. The Morgan fingerprint density at radius 1 is 1.22 bits per heavy atom. The van der Waals surface area contributed by atoms with Crippen LogP contribution in [0.5, 0.6) is 5.88 Å². The van der Waals surface area contributed by atoms with Crippen LogP contribution in [-0.4, -0.2) is 39.9 Å². The highest BCUT2D eigenvalue weighted by molar-refractivity contribution is 5.39. The van der Waals surface area contributed by atoms with E-state index in [4.69, 9.17) is 4.74 Å². The van der Waals surface area contributed by atoms with Crippen molar-refractivity contribution in [1.29, 1.82) is 0 Å². The molecule has 2 aromatic rings. The van der Waals surface area contributed by atoms with E-state index in [1.54, 1.807) is 0 Å². The molecule has 0 aromatic carbocycles. The monoisotopic (exact) mass is 315 g/mol. The lowest BCUT2D eigenvalue weighted by Gasteiger charge is -2.17. The zero-order valence-corrected chi connectivity index (χ0v) is 12.7. The molecule has 0 amide bonds. The highest BCUT2D eigenvalue weighted by Gasteiger charge is 2.27. The predicted octanol–water partition coefficient (Wildman–Crippen LogP) is 2.19. The van der Waals surface area contributed by atoms with E-state index in [1.165, 1.54) is 25.4 Å². The Morgan fingerprint density at radius 2 is 2.13 bits per heavy atom. The number of hydrogen-bond acceptors (Lipinski definition) is 6. The normalized spacial score (nSPS) is 20.7. The van der Waals surface area contributed by atoms with Crippen molar-refractivity contribution in [2.45, 2.75) is 25.2 Å². The molecular weight excluding hydrogens is 297 g/mol. The van der Waals surface area contributed by atoms with Crippen molar-refractivity contribution in [3.63, 3.8) is 0 Å². The molecule has 1 atom stereocenters.